The van der Waals surface area contributed by atoms with E-state index in [1.165, 1.54) is 4.90 Å². The van der Waals surface area contributed by atoms with Gasteiger partial charge in [0.1, 0.15) is 0 Å². The van der Waals surface area contributed by atoms with Gasteiger partial charge >= 0.3 is 0 Å². The Hall–Kier alpha value is -2.73. The van der Waals surface area contributed by atoms with Gasteiger partial charge in [-0.15, -0.1) is 0 Å². The number of carbonyl (C=O) groups is 3. The Morgan fingerprint density at radius 1 is 0.964 bits per heavy atom. The highest BCUT2D eigenvalue weighted by Crippen LogP contribution is 2.53. The predicted octanol–water partition coefficient (Wildman–Crippen LogP) is 4.01. The van der Waals surface area contributed by atoms with Crippen molar-refractivity contribution in [3.63, 3.8) is 0 Å². The summed E-state index contributed by atoms with van der Waals surface area (Å²) >= 11 is 3.37. The molecule has 0 radical (unpaired) electrons. The van der Waals surface area contributed by atoms with Gasteiger partial charge in [-0.2, -0.15) is 0 Å². The van der Waals surface area contributed by atoms with Gasteiger partial charge in [0, 0.05) is 15.7 Å². The highest BCUT2D eigenvalue weighted by Gasteiger charge is 2.59. The third kappa shape index (κ3) is 2.63. The van der Waals surface area contributed by atoms with Crippen LogP contribution >= 0.6 is 15.9 Å². The van der Waals surface area contributed by atoms with Crippen molar-refractivity contribution in [2.24, 2.45) is 23.7 Å². The van der Waals surface area contributed by atoms with Crippen LogP contribution in [-0.4, -0.2) is 17.7 Å². The summed E-state index contributed by atoms with van der Waals surface area (Å²) in [4.78, 5) is 39.5. The molecule has 1 N–H and O–H groups in total. The maximum absolute atomic E-state index is 12.9. The highest BCUT2D eigenvalue weighted by atomic mass is 79.9. The third-order valence-electron chi connectivity index (χ3n) is 5.94. The molecule has 1 saturated carbocycles. The smallest absolute Gasteiger partial charge is 0.255 e. The summed E-state index contributed by atoms with van der Waals surface area (Å²) in [5.74, 6) is -0.540. The van der Waals surface area contributed by atoms with Crippen LogP contribution in [0.3, 0.4) is 0 Å². The molecule has 2 aliphatic carbocycles. The van der Waals surface area contributed by atoms with E-state index in [0.717, 1.165) is 10.9 Å². The molecule has 5 rings (SSSR count). The molecule has 28 heavy (non-hydrogen) atoms. The molecule has 4 atom stereocenters. The number of anilines is 2. The van der Waals surface area contributed by atoms with Crippen LogP contribution in [0.5, 0.6) is 0 Å². The lowest BCUT2D eigenvalue weighted by atomic mass is 9.85. The van der Waals surface area contributed by atoms with E-state index < -0.39 is 0 Å². The summed E-state index contributed by atoms with van der Waals surface area (Å²) in [7, 11) is 0. The number of fused-ring (bicyclic) bond motifs is 5. The van der Waals surface area contributed by atoms with E-state index in [-0.39, 0.29) is 41.4 Å². The standard InChI is InChI=1S/C22H17BrN2O3/c23-15-2-1-3-16(11-15)24-20(26)12-6-8-17(9-7-12)25-21(27)18-13-4-5-14(10-13)19(18)22(25)28/h1-9,11,13-14,18-19H,10H2,(H,24,26)/t13-,14+,18-,19+. The molecule has 3 amide bonds. The quantitative estimate of drug-likeness (QED) is 0.583. The Morgan fingerprint density at radius 2 is 1.61 bits per heavy atom. The maximum atomic E-state index is 12.9. The molecule has 0 aromatic heterocycles. The number of amides is 3. The first-order chi connectivity index (χ1) is 13.5. The van der Waals surface area contributed by atoms with Gasteiger partial charge in [-0.25, -0.2) is 0 Å². The normalized spacial score (nSPS) is 27.4. The van der Waals surface area contributed by atoms with Crippen LogP contribution in [0.1, 0.15) is 16.8 Å². The molecule has 1 saturated heterocycles. The number of carbonyl (C=O) groups excluding carboxylic acids is 3. The second-order valence-electron chi connectivity index (χ2n) is 7.52. The van der Waals surface area contributed by atoms with Gasteiger partial charge in [0.2, 0.25) is 11.8 Å². The van der Waals surface area contributed by atoms with Crippen LogP contribution in [0.15, 0.2) is 65.2 Å². The molecule has 0 spiro atoms. The van der Waals surface area contributed by atoms with Crippen LogP contribution < -0.4 is 10.2 Å². The summed E-state index contributed by atoms with van der Waals surface area (Å²) in [6.45, 7) is 0. The predicted molar refractivity (Wildman–Crippen MR) is 109 cm³/mol. The van der Waals surface area contributed by atoms with Crippen molar-refractivity contribution in [1.29, 1.82) is 0 Å². The van der Waals surface area contributed by atoms with E-state index in [9.17, 15) is 14.4 Å². The zero-order valence-corrected chi connectivity index (χ0v) is 16.4. The minimum Gasteiger partial charge on any atom is -0.322 e. The van der Waals surface area contributed by atoms with E-state index in [1.807, 2.05) is 18.2 Å². The number of allylic oxidation sites excluding steroid dienone is 2. The second kappa shape index (κ2) is 6.41. The van der Waals surface area contributed by atoms with Gasteiger partial charge in [-0.3, -0.25) is 19.3 Å². The molecule has 140 valence electrons. The number of hydrogen-bond donors (Lipinski definition) is 1. The number of hydrogen-bond acceptors (Lipinski definition) is 3. The lowest BCUT2D eigenvalue weighted by Crippen LogP contribution is -2.32. The molecule has 6 heteroatoms. The van der Waals surface area contributed by atoms with Gasteiger partial charge in [0.15, 0.2) is 0 Å². The first-order valence-electron chi connectivity index (χ1n) is 9.26. The number of rotatable bonds is 3. The number of benzene rings is 2. The van der Waals surface area contributed by atoms with E-state index in [2.05, 4.69) is 33.4 Å². The molecular weight excluding hydrogens is 420 g/mol. The molecule has 2 bridgehead atoms. The Balaban J connectivity index is 1.35. The first kappa shape index (κ1) is 17.4. The second-order valence-corrected chi connectivity index (χ2v) is 8.44. The van der Waals surface area contributed by atoms with Crippen molar-refractivity contribution >= 4 is 45.0 Å². The summed E-state index contributed by atoms with van der Waals surface area (Å²) < 4.78 is 0.876. The third-order valence-corrected chi connectivity index (χ3v) is 6.43. The summed E-state index contributed by atoms with van der Waals surface area (Å²) in [5.41, 5.74) is 1.68. The Labute approximate surface area is 170 Å². The van der Waals surface area contributed by atoms with Gasteiger partial charge in [-0.05, 0) is 60.7 Å². The zero-order chi connectivity index (χ0) is 19.4. The number of nitrogens with one attached hydrogen (secondary N) is 1. The Morgan fingerprint density at radius 3 is 2.21 bits per heavy atom. The van der Waals surface area contributed by atoms with Crippen LogP contribution in [0.4, 0.5) is 11.4 Å². The Bertz CT molecular complexity index is 1000. The molecule has 0 unspecified atom stereocenters. The van der Waals surface area contributed by atoms with Gasteiger partial charge in [-0.1, -0.05) is 34.1 Å². The fourth-order valence-electron chi connectivity index (χ4n) is 4.69. The fourth-order valence-corrected chi connectivity index (χ4v) is 5.09. The molecule has 1 aliphatic heterocycles. The topological polar surface area (TPSA) is 66.5 Å². The lowest BCUT2D eigenvalue weighted by Gasteiger charge is -2.17. The van der Waals surface area contributed by atoms with Gasteiger partial charge in [0.05, 0.1) is 17.5 Å². The molecule has 1 heterocycles. The van der Waals surface area contributed by atoms with Crippen LogP contribution in [-0.2, 0) is 9.59 Å². The van der Waals surface area contributed by atoms with Crippen molar-refractivity contribution in [2.75, 3.05) is 10.2 Å². The van der Waals surface area contributed by atoms with E-state index in [1.54, 1.807) is 30.3 Å². The fraction of sp³-hybridized carbons (Fsp3) is 0.227. The maximum Gasteiger partial charge on any atom is 0.255 e. The number of halogens is 1. The molecular formula is C22H17BrN2O3. The highest BCUT2D eigenvalue weighted by molar-refractivity contribution is 9.10. The molecule has 3 aliphatic rings. The van der Waals surface area contributed by atoms with Crippen LogP contribution in [0.25, 0.3) is 0 Å². The number of nitrogens with zero attached hydrogens (tertiary/aromatic N) is 1. The van der Waals surface area contributed by atoms with E-state index >= 15 is 0 Å². The molecule has 5 nitrogen and oxygen atoms in total. The minimum atomic E-state index is -0.247. The van der Waals surface area contributed by atoms with Gasteiger partial charge in [0.25, 0.3) is 5.91 Å². The zero-order valence-electron chi connectivity index (χ0n) is 14.8. The van der Waals surface area contributed by atoms with Gasteiger partial charge < -0.3 is 5.32 Å². The van der Waals surface area contributed by atoms with E-state index in [4.69, 9.17) is 0 Å². The first-order valence-corrected chi connectivity index (χ1v) is 10.1. The monoisotopic (exact) mass is 436 g/mol. The Kier molecular flexibility index (Phi) is 3.98. The number of imide groups is 1. The van der Waals surface area contributed by atoms with Crippen molar-refractivity contribution in [2.45, 2.75) is 6.42 Å². The summed E-state index contributed by atoms with van der Waals surface area (Å²) in [5, 5.41) is 2.83. The van der Waals surface area contributed by atoms with Crippen LogP contribution in [0.2, 0.25) is 0 Å². The van der Waals surface area contributed by atoms with Crippen LogP contribution in [0, 0.1) is 23.7 Å². The van der Waals surface area contributed by atoms with Crippen molar-refractivity contribution in [1.82, 2.24) is 0 Å². The summed E-state index contributed by atoms with van der Waals surface area (Å²) in [6.07, 6.45) is 5.07. The molecule has 2 aromatic rings. The van der Waals surface area contributed by atoms with E-state index in [0.29, 0.717) is 16.9 Å². The SMILES string of the molecule is O=C(Nc1cccc(Br)c1)c1ccc(N2C(=O)[C@@H]3[C@H](C2=O)[C@@H]2C=C[C@H]3C2)cc1. The largest absolute Gasteiger partial charge is 0.322 e. The van der Waals surface area contributed by atoms with Crippen molar-refractivity contribution < 1.29 is 14.4 Å². The average molecular weight is 437 g/mol. The minimum absolute atomic E-state index is 0.113. The summed E-state index contributed by atoms with van der Waals surface area (Å²) in [6, 6.07) is 14.0. The van der Waals surface area contributed by atoms with Crippen molar-refractivity contribution in [3.8, 4) is 0 Å². The molecule has 2 aromatic carbocycles. The van der Waals surface area contributed by atoms with Crippen molar-refractivity contribution in [3.05, 3.63) is 70.7 Å². The average Bonchev–Trinajstić information content (AvgIpc) is 3.36. The lowest BCUT2D eigenvalue weighted by molar-refractivity contribution is -0.123. The molecule has 2 fully saturated rings.